The van der Waals surface area contributed by atoms with E-state index in [1.54, 1.807) is 41.8 Å². The molecule has 0 aliphatic rings. The van der Waals surface area contributed by atoms with E-state index in [1.807, 2.05) is 6.92 Å². The Bertz CT molecular complexity index is 1180. The number of thioether (sulfide) groups is 1. The molecule has 3 rings (SSSR count). The van der Waals surface area contributed by atoms with Gasteiger partial charge < -0.3 is 19.9 Å². The minimum absolute atomic E-state index is 0.0530. The Morgan fingerprint density at radius 1 is 1.12 bits per heavy atom. The number of nitrogens with one attached hydrogen (secondary N) is 2. The summed E-state index contributed by atoms with van der Waals surface area (Å²) in [5.74, 6) is -1.30. The van der Waals surface area contributed by atoms with Crippen LogP contribution in [0.15, 0.2) is 53.7 Å². The Morgan fingerprint density at radius 3 is 2.47 bits per heavy atom. The van der Waals surface area contributed by atoms with Crippen molar-refractivity contribution in [3.63, 3.8) is 0 Å². The zero-order valence-electron chi connectivity index (χ0n) is 18.9. The van der Waals surface area contributed by atoms with Crippen molar-refractivity contribution in [3.8, 4) is 0 Å². The molecule has 34 heavy (non-hydrogen) atoms. The summed E-state index contributed by atoms with van der Waals surface area (Å²) >= 11 is 1.20. The van der Waals surface area contributed by atoms with Gasteiger partial charge in [0.1, 0.15) is 5.82 Å². The molecule has 0 fully saturated rings. The molecule has 0 bridgehead atoms. The van der Waals surface area contributed by atoms with E-state index >= 15 is 0 Å². The smallest absolute Gasteiger partial charge is 0.337 e. The first-order valence-corrected chi connectivity index (χ1v) is 11.4. The largest absolute Gasteiger partial charge is 0.465 e. The van der Waals surface area contributed by atoms with Crippen LogP contribution in [0.25, 0.3) is 0 Å². The molecule has 2 N–H and O–H groups in total. The van der Waals surface area contributed by atoms with Gasteiger partial charge in [0.15, 0.2) is 11.0 Å². The Hall–Kier alpha value is -3.73. The van der Waals surface area contributed by atoms with Gasteiger partial charge in [-0.1, -0.05) is 23.9 Å². The number of anilines is 1. The molecule has 9 nitrogen and oxygen atoms in total. The third-order valence-electron chi connectivity index (χ3n) is 4.84. The fourth-order valence-electron chi connectivity index (χ4n) is 3.14. The van der Waals surface area contributed by atoms with Crippen molar-refractivity contribution in [2.45, 2.75) is 31.6 Å². The van der Waals surface area contributed by atoms with E-state index in [2.05, 4.69) is 25.6 Å². The molecule has 11 heteroatoms. The molecular formula is C23H24FN5O4S. The molecule has 0 radical (unpaired) electrons. The van der Waals surface area contributed by atoms with Gasteiger partial charge in [-0.15, -0.1) is 10.2 Å². The zero-order chi connectivity index (χ0) is 24.7. The fourth-order valence-corrected chi connectivity index (χ4v) is 3.95. The number of esters is 1. The molecule has 2 aromatic carbocycles. The van der Waals surface area contributed by atoms with E-state index in [-0.39, 0.29) is 17.2 Å². The maximum absolute atomic E-state index is 13.9. The molecule has 0 saturated carbocycles. The summed E-state index contributed by atoms with van der Waals surface area (Å²) in [5.41, 5.74) is 0.873. The van der Waals surface area contributed by atoms with Crippen LogP contribution in [-0.4, -0.2) is 45.4 Å². The molecule has 1 heterocycles. The van der Waals surface area contributed by atoms with Crippen LogP contribution in [0.5, 0.6) is 0 Å². The first-order valence-electron chi connectivity index (χ1n) is 10.4. The minimum Gasteiger partial charge on any atom is -0.465 e. The number of amides is 2. The maximum atomic E-state index is 13.9. The molecule has 2 amide bonds. The van der Waals surface area contributed by atoms with Gasteiger partial charge in [0, 0.05) is 12.2 Å². The average Bonchev–Trinajstić information content (AvgIpc) is 3.26. The maximum Gasteiger partial charge on any atom is 0.337 e. The van der Waals surface area contributed by atoms with E-state index in [1.165, 1.54) is 37.1 Å². The van der Waals surface area contributed by atoms with Gasteiger partial charge in [-0.2, -0.15) is 0 Å². The SMILES string of the molecule is CCn1c(SCC(=O)Nc2ccc(C(=O)OC)cc2)nnc1[C@H](C)NC(=O)c1ccccc1F. The number of halogens is 1. The minimum atomic E-state index is -0.605. The molecule has 0 spiro atoms. The van der Waals surface area contributed by atoms with Gasteiger partial charge in [-0.25, -0.2) is 9.18 Å². The van der Waals surface area contributed by atoms with Gasteiger partial charge >= 0.3 is 5.97 Å². The van der Waals surface area contributed by atoms with E-state index < -0.39 is 23.7 Å². The van der Waals surface area contributed by atoms with Crippen molar-refractivity contribution in [1.82, 2.24) is 20.1 Å². The average molecular weight is 486 g/mol. The molecular weight excluding hydrogens is 461 g/mol. The second kappa shape index (κ2) is 11.4. The number of rotatable bonds is 9. The molecule has 0 unspecified atom stereocenters. The highest BCUT2D eigenvalue weighted by atomic mass is 32.2. The Kier molecular flexibility index (Phi) is 8.36. The molecule has 1 atom stereocenters. The van der Waals surface area contributed by atoms with Crippen LogP contribution < -0.4 is 10.6 Å². The van der Waals surface area contributed by atoms with Crippen molar-refractivity contribution < 1.29 is 23.5 Å². The van der Waals surface area contributed by atoms with E-state index in [9.17, 15) is 18.8 Å². The van der Waals surface area contributed by atoms with E-state index in [0.29, 0.717) is 28.8 Å². The van der Waals surface area contributed by atoms with E-state index in [4.69, 9.17) is 0 Å². The van der Waals surface area contributed by atoms with Crippen LogP contribution in [0.1, 0.15) is 46.4 Å². The topological polar surface area (TPSA) is 115 Å². The van der Waals surface area contributed by atoms with Gasteiger partial charge in [0.05, 0.1) is 30.0 Å². The molecule has 3 aromatic rings. The summed E-state index contributed by atoms with van der Waals surface area (Å²) in [6, 6.07) is 11.5. The van der Waals surface area contributed by atoms with Crippen molar-refractivity contribution in [2.24, 2.45) is 0 Å². The number of methoxy groups -OCH3 is 1. The first kappa shape index (κ1) is 24.9. The number of carbonyl (C=O) groups excluding carboxylic acids is 3. The lowest BCUT2D eigenvalue weighted by atomic mass is 10.2. The number of carbonyl (C=O) groups is 3. The highest BCUT2D eigenvalue weighted by Crippen LogP contribution is 2.21. The number of aromatic nitrogens is 3. The molecule has 0 saturated heterocycles. The summed E-state index contributed by atoms with van der Waals surface area (Å²) < 4.78 is 20.3. The lowest BCUT2D eigenvalue weighted by Crippen LogP contribution is -2.29. The number of hydrogen-bond acceptors (Lipinski definition) is 7. The predicted molar refractivity (Wildman–Crippen MR) is 125 cm³/mol. The summed E-state index contributed by atoms with van der Waals surface area (Å²) in [4.78, 5) is 36.3. The first-order chi connectivity index (χ1) is 16.3. The molecule has 1 aromatic heterocycles. The van der Waals surface area contributed by atoms with Crippen LogP contribution in [0.2, 0.25) is 0 Å². The van der Waals surface area contributed by atoms with Crippen LogP contribution in [0.3, 0.4) is 0 Å². The van der Waals surface area contributed by atoms with Crippen molar-refractivity contribution >= 4 is 35.2 Å². The van der Waals surface area contributed by atoms with Crippen LogP contribution in [0, 0.1) is 5.82 Å². The highest BCUT2D eigenvalue weighted by Gasteiger charge is 2.21. The van der Waals surface area contributed by atoms with Crippen LogP contribution >= 0.6 is 11.8 Å². The standard InChI is InChI=1S/C23H24FN5O4S/c1-4-29-20(14(2)25-21(31)17-7-5-6-8-18(17)24)27-28-23(29)34-13-19(30)26-16-11-9-15(10-12-16)22(32)33-3/h5-12,14H,4,13H2,1-3H3,(H,25,31)(H,26,30)/t14-/m0/s1. The highest BCUT2D eigenvalue weighted by molar-refractivity contribution is 7.99. The van der Waals surface area contributed by atoms with Gasteiger partial charge in [0.25, 0.3) is 5.91 Å². The van der Waals surface area contributed by atoms with Gasteiger partial charge in [-0.05, 0) is 50.2 Å². The number of hydrogen-bond donors (Lipinski definition) is 2. The number of nitrogens with zero attached hydrogens (tertiary/aromatic N) is 3. The molecule has 178 valence electrons. The van der Waals surface area contributed by atoms with Crippen molar-refractivity contribution in [1.29, 1.82) is 0 Å². The van der Waals surface area contributed by atoms with Crippen molar-refractivity contribution in [3.05, 3.63) is 71.3 Å². The summed E-state index contributed by atoms with van der Waals surface area (Å²) in [6.07, 6.45) is 0. The Morgan fingerprint density at radius 2 is 1.82 bits per heavy atom. The molecule has 0 aliphatic heterocycles. The van der Waals surface area contributed by atoms with Crippen molar-refractivity contribution in [2.75, 3.05) is 18.2 Å². The summed E-state index contributed by atoms with van der Waals surface area (Å²) in [6.45, 7) is 4.14. The third-order valence-corrected chi connectivity index (χ3v) is 5.80. The monoisotopic (exact) mass is 485 g/mol. The lowest BCUT2D eigenvalue weighted by molar-refractivity contribution is -0.113. The Labute approximate surface area is 200 Å². The summed E-state index contributed by atoms with van der Waals surface area (Å²) in [7, 11) is 1.30. The van der Waals surface area contributed by atoms with Gasteiger partial charge in [0.2, 0.25) is 5.91 Å². The predicted octanol–water partition coefficient (Wildman–Crippen LogP) is 3.45. The Balaban J connectivity index is 1.60. The second-order valence-electron chi connectivity index (χ2n) is 7.17. The normalized spacial score (nSPS) is 11.5. The molecule has 0 aliphatic carbocycles. The second-order valence-corrected chi connectivity index (χ2v) is 8.11. The number of benzene rings is 2. The van der Waals surface area contributed by atoms with E-state index in [0.717, 1.165) is 0 Å². The van der Waals surface area contributed by atoms with Crippen LogP contribution in [-0.2, 0) is 16.1 Å². The lowest BCUT2D eigenvalue weighted by Gasteiger charge is -2.15. The zero-order valence-corrected chi connectivity index (χ0v) is 19.7. The third kappa shape index (κ3) is 5.98. The quantitative estimate of drug-likeness (QED) is 0.352. The van der Waals surface area contributed by atoms with Crippen LogP contribution in [0.4, 0.5) is 10.1 Å². The van der Waals surface area contributed by atoms with Gasteiger partial charge in [-0.3, -0.25) is 9.59 Å². The fraction of sp³-hybridized carbons (Fsp3) is 0.261. The number of ether oxygens (including phenoxy) is 1. The summed E-state index contributed by atoms with van der Waals surface area (Å²) in [5, 5.41) is 14.3.